The van der Waals surface area contributed by atoms with Crippen molar-refractivity contribution in [2.75, 3.05) is 6.61 Å². The lowest BCUT2D eigenvalue weighted by Crippen LogP contribution is -2.24. The molecular weight excluding hydrogens is 264 g/mol. The number of hydrogen-bond acceptors (Lipinski definition) is 4. The first-order valence-electron chi connectivity index (χ1n) is 6.15. The minimum Gasteiger partial charge on any atom is -0.389 e. The van der Waals surface area contributed by atoms with Gasteiger partial charge in [-0.3, -0.25) is 4.99 Å². The Hall–Kier alpha value is -1.46. The Morgan fingerprint density at radius 1 is 1.53 bits per heavy atom. The fourth-order valence-electron chi connectivity index (χ4n) is 2.21. The van der Waals surface area contributed by atoms with Crippen LogP contribution in [0.15, 0.2) is 39.8 Å². The highest BCUT2D eigenvalue weighted by atomic mass is 35.5. The van der Waals surface area contributed by atoms with Crippen molar-refractivity contribution in [2.24, 2.45) is 16.5 Å². The molecule has 0 radical (unpaired) electrons. The molecule has 2 aliphatic heterocycles. The highest BCUT2D eigenvalue weighted by molar-refractivity contribution is 6.30. The molecule has 2 aliphatic rings. The number of nitrogens with zero attached hydrogens (tertiary/aromatic N) is 1. The first kappa shape index (κ1) is 14.0. The molecule has 0 bridgehead atoms. The number of ether oxygens (including phenoxy) is 1. The van der Waals surface area contributed by atoms with E-state index >= 15 is 0 Å². The molecule has 0 aromatic carbocycles. The molecule has 0 unspecified atom stereocenters. The molecule has 5 nitrogen and oxygen atoms in total. The van der Waals surface area contributed by atoms with Crippen LogP contribution >= 0.6 is 11.6 Å². The smallest absolute Gasteiger partial charge is 0.128 e. The maximum atomic E-state index is 6.05. The van der Waals surface area contributed by atoms with Crippen molar-refractivity contribution in [1.82, 2.24) is 5.32 Å². The van der Waals surface area contributed by atoms with Crippen LogP contribution in [-0.2, 0) is 4.74 Å². The molecule has 0 spiro atoms. The number of nitrogens with two attached hydrogens (primary N) is 2. The monoisotopic (exact) mass is 282 g/mol. The van der Waals surface area contributed by atoms with Gasteiger partial charge in [0.15, 0.2) is 0 Å². The van der Waals surface area contributed by atoms with E-state index in [4.69, 9.17) is 27.8 Å². The lowest BCUT2D eigenvalue weighted by atomic mass is 10.0. The third kappa shape index (κ3) is 3.30. The normalized spacial score (nSPS) is 28.9. The minimum atomic E-state index is -0.141. The van der Waals surface area contributed by atoms with Gasteiger partial charge in [-0.25, -0.2) is 0 Å². The zero-order chi connectivity index (χ0) is 14.0. The van der Waals surface area contributed by atoms with E-state index in [1.54, 1.807) is 18.5 Å². The van der Waals surface area contributed by atoms with Crippen LogP contribution in [0.2, 0.25) is 0 Å². The van der Waals surface area contributed by atoms with E-state index < -0.39 is 0 Å². The van der Waals surface area contributed by atoms with Gasteiger partial charge in [-0.1, -0.05) is 11.6 Å². The molecule has 1 fully saturated rings. The third-order valence-electron chi connectivity index (χ3n) is 3.11. The van der Waals surface area contributed by atoms with Crippen molar-refractivity contribution < 1.29 is 4.74 Å². The van der Waals surface area contributed by atoms with E-state index in [2.05, 4.69) is 10.3 Å². The SMILES string of the molecule is CC1(C)C[C@@H](N=C(N)C2=CNC=C/C2=C(/N)Cl)CO1. The summed E-state index contributed by atoms with van der Waals surface area (Å²) in [4.78, 5) is 4.51. The predicted molar refractivity (Wildman–Crippen MR) is 77.5 cm³/mol. The molecule has 2 rings (SSSR count). The number of hydrogen-bond donors (Lipinski definition) is 3. The van der Waals surface area contributed by atoms with Crippen LogP contribution in [0.5, 0.6) is 0 Å². The number of amidine groups is 1. The summed E-state index contributed by atoms with van der Waals surface area (Å²) in [7, 11) is 0. The Morgan fingerprint density at radius 3 is 2.84 bits per heavy atom. The first-order valence-corrected chi connectivity index (χ1v) is 6.53. The lowest BCUT2D eigenvalue weighted by Gasteiger charge is -2.16. The Morgan fingerprint density at radius 2 is 2.26 bits per heavy atom. The Balaban J connectivity index is 2.18. The van der Waals surface area contributed by atoms with Gasteiger partial charge in [0.25, 0.3) is 0 Å². The van der Waals surface area contributed by atoms with Crippen molar-refractivity contribution in [3.63, 3.8) is 0 Å². The quantitative estimate of drug-likeness (QED) is 0.405. The molecule has 0 aromatic heterocycles. The van der Waals surface area contributed by atoms with E-state index in [-0.39, 0.29) is 16.8 Å². The first-order chi connectivity index (χ1) is 8.89. The summed E-state index contributed by atoms with van der Waals surface area (Å²) in [6.45, 7) is 4.68. The zero-order valence-electron chi connectivity index (χ0n) is 11.1. The molecule has 104 valence electrons. The summed E-state index contributed by atoms with van der Waals surface area (Å²) < 4.78 is 5.64. The molecule has 0 amide bonds. The van der Waals surface area contributed by atoms with Crippen LogP contribution in [0, 0.1) is 0 Å². The Labute approximate surface area is 118 Å². The van der Waals surface area contributed by atoms with Crippen LogP contribution in [0.4, 0.5) is 0 Å². The lowest BCUT2D eigenvalue weighted by molar-refractivity contribution is 0.0362. The van der Waals surface area contributed by atoms with Crippen molar-refractivity contribution in [2.45, 2.75) is 31.9 Å². The van der Waals surface area contributed by atoms with Gasteiger partial charge in [-0.2, -0.15) is 0 Å². The second-order valence-corrected chi connectivity index (χ2v) is 5.67. The minimum absolute atomic E-state index is 0.0691. The summed E-state index contributed by atoms with van der Waals surface area (Å²) >= 11 is 5.86. The maximum Gasteiger partial charge on any atom is 0.128 e. The topological polar surface area (TPSA) is 85.7 Å². The average Bonchev–Trinajstić information content (AvgIpc) is 2.68. The van der Waals surface area contributed by atoms with Crippen LogP contribution in [0.25, 0.3) is 0 Å². The van der Waals surface area contributed by atoms with Gasteiger partial charge < -0.3 is 21.5 Å². The van der Waals surface area contributed by atoms with Crippen LogP contribution in [0.1, 0.15) is 20.3 Å². The number of nitrogens with one attached hydrogen (secondary N) is 1. The third-order valence-corrected chi connectivity index (χ3v) is 3.32. The number of dihydropyridines is 1. The second kappa shape index (κ2) is 5.27. The fraction of sp³-hybridized carbons (Fsp3) is 0.462. The molecular formula is C13H19ClN4O. The molecule has 0 saturated carbocycles. The molecule has 5 N–H and O–H groups in total. The van der Waals surface area contributed by atoms with Gasteiger partial charge in [-0.05, 0) is 19.9 Å². The summed E-state index contributed by atoms with van der Waals surface area (Å²) in [5.74, 6) is 0.418. The summed E-state index contributed by atoms with van der Waals surface area (Å²) in [5, 5.41) is 3.16. The Bertz CT molecular complexity index is 487. The van der Waals surface area contributed by atoms with Crippen LogP contribution in [0.3, 0.4) is 0 Å². The molecule has 2 heterocycles. The van der Waals surface area contributed by atoms with Gasteiger partial charge in [0.05, 0.1) is 18.2 Å². The molecule has 1 atom stereocenters. The number of aliphatic imine (C=N–C) groups is 1. The summed E-state index contributed by atoms with van der Waals surface area (Å²) in [5.41, 5.74) is 12.9. The van der Waals surface area contributed by atoms with Crippen molar-refractivity contribution in [3.05, 3.63) is 34.8 Å². The number of rotatable bonds is 2. The highest BCUT2D eigenvalue weighted by Gasteiger charge is 2.32. The molecule has 1 saturated heterocycles. The van der Waals surface area contributed by atoms with E-state index in [0.717, 1.165) is 6.42 Å². The van der Waals surface area contributed by atoms with E-state index in [9.17, 15) is 0 Å². The van der Waals surface area contributed by atoms with E-state index in [0.29, 0.717) is 23.6 Å². The van der Waals surface area contributed by atoms with Gasteiger partial charge in [0.1, 0.15) is 11.0 Å². The van der Waals surface area contributed by atoms with E-state index in [1.807, 2.05) is 13.8 Å². The Kier molecular flexibility index (Phi) is 3.87. The van der Waals surface area contributed by atoms with Crippen LogP contribution < -0.4 is 16.8 Å². The van der Waals surface area contributed by atoms with Gasteiger partial charge in [-0.15, -0.1) is 0 Å². The summed E-state index contributed by atoms with van der Waals surface area (Å²) in [6, 6.07) is 0.0691. The van der Waals surface area contributed by atoms with Gasteiger partial charge in [0, 0.05) is 30.0 Å². The summed E-state index contributed by atoms with van der Waals surface area (Å²) in [6.07, 6.45) is 6.10. The second-order valence-electron chi connectivity index (χ2n) is 5.26. The predicted octanol–water partition coefficient (Wildman–Crippen LogP) is 1.32. The highest BCUT2D eigenvalue weighted by Crippen LogP contribution is 2.27. The fourth-order valence-corrected chi connectivity index (χ4v) is 2.37. The molecule has 0 aliphatic carbocycles. The van der Waals surface area contributed by atoms with Gasteiger partial charge >= 0.3 is 0 Å². The van der Waals surface area contributed by atoms with Crippen LogP contribution in [-0.4, -0.2) is 24.1 Å². The van der Waals surface area contributed by atoms with Gasteiger partial charge in [0.2, 0.25) is 0 Å². The average molecular weight is 283 g/mol. The molecule has 19 heavy (non-hydrogen) atoms. The molecule has 6 heteroatoms. The number of allylic oxidation sites excluding steroid dienone is 1. The van der Waals surface area contributed by atoms with Crippen molar-refractivity contribution in [3.8, 4) is 0 Å². The standard InChI is InChI=1S/C13H19ClN4O/c1-13(2)5-8(7-19-13)18-12(16)10-6-17-4-3-9(10)11(14)15/h3-4,6,8,17H,5,7,15H2,1-2H3,(H2,16,18)/b11-9-/t8-/m1/s1. The zero-order valence-corrected chi connectivity index (χ0v) is 11.9. The van der Waals surface area contributed by atoms with Crippen molar-refractivity contribution >= 4 is 17.4 Å². The number of halogens is 1. The molecule has 0 aromatic rings. The van der Waals surface area contributed by atoms with E-state index in [1.165, 1.54) is 0 Å². The van der Waals surface area contributed by atoms with Crippen molar-refractivity contribution in [1.29, 1.82) is 0 Å². The largest absolute Gasteiger partial charge is 0.389 e. The maximum absolute atomic E-state index is 6.05.